The topological polar surface area (TPSA) is 68.1 Å². The van der Waals surface area contributed by atoms with Gasteiger partial charge in [0.15, 0.2) is 9.84 Å². The molecular weight excluding hydrogens is 364 g/mol. The van der Waals surface area contributed by atoms with Crippen molar-refractivity contribution in [2.75, 3.05) is 44.3 Å². The van der Waals surface area contributed by atoms with E-state index < -0.39 is 9.84 Å². The molecule has 3 rings (SSSR count). The Bertz CT molecular complexity index is 794. The van der Waals surface area contributed by atoms with Gasteiger partial charge in [0.25, 0.3) is 0 Å². The predicted molar refractivity (Wildman–Crippen MR) is 106 cm³/mol. The Morgan fingerprint density at radius 2 is 1.96 bits per heavy atom. The number of carbonyl (C=O) groups excluding carboxylic acids is 1. The maximum Gasteiger partial charge on any atom is 0.246 e. The Kier molecular flexibility index (Phi) is 6.34. The average Bonchev–Trinajstić information content (AvgIpc) is 3.05. The fourth-order valence-electron chi connectivity index (χ4n) is 3.64. The van der Waals surface area contributed by atoms with Crippen molar-refractivity contribution in [3.63, 3.8) is 0 Å². The summed E-state index contributed by atoms with van der Waals surface area (Å²) in [5.41, 5.74) is 0.940. The van der Waals surface area contributed by atoms with Crippen molar-refractivity contribution in [3.05, 3.63) is 48.6 Å². The molecule has 0 aliphatic carbocycles. The van der Waals surface area contributed by atoms with Gasteiger partial charge >= 0.3 is 0 Å². The van der Waals surface area contributed by atoms with Crippen molar-refractivity contribution in [3.8, 4) is 5.75 Å². The zero-order valence-electron chi connectivity index (χ0n) is 15.5. The maximum atomic E-state index is 12.4. The van der Waals surface area contributed by atoms with E-state index >= 15 is 0 Å². The summed E-state index contributed by atoms with van der Waals surface area (Å²) in [6.45, 7) is 7.05. The number of nitrogens with one attached hydrogen (secondary N) is 1. The van der Waals surface area contributed by atoms with Crippen LogP contribution in [0, 0.1) is 0 Å². The second-order valence-corrected chi connectivity index (χ2v) is 9.31. The number of quaternary nitrogens is 1. The molecule has 0 saturated carbocycles. The highest BCUT2D eigenvalue weighted by Gasteiger charge is 2.37. The number of nitrogens with zero attached hydrogens (tertiary/aromatic N) is 1. The van der Waals surface area contributed by atoms with Crippen LogP contribution in [-0.2, 0) is 14.6 Å². The summed E-state index contributed by atoms with van der Waals surface area (Å²) >= 11 is 0. The van der Waals surface area contributed by atoms with Crippen molar-refractivity contribution >= 4 is 21.8 Å². The van der Waals surface area contributed by atoms with Gasteiger partial charge in [0, 0.05) is 12.5 Å². The van der Waals surface area contributed by atoms with Crippen LogP contribution in [-0.4, -0.2) is 69.6 Å². The summed E-state index contributed by atoms with van der Waals surface area (Å²) in [5, 5.41) is 0. The number of benzene rings is 1. The molecule has 0 aromatic heterocycles. The Morgan fingerprint density at radius 3 is 2.56 bits per heavy atom. The normalized spacial score (nSPS) is 22.8. The number of hydrogen-bond donors (Lipinski definition) is 1. The summed E-state index contributed by atoms with van der Waals surface area (Å²) in [6, 6.07) is 7.75. The zero-order valence-corrected chi connectivity index (χ0v) is 16.3. The molecule has 2 aliphatic rings. The first-order valence-corrected chi connectivity index (χ1v) is 11.1. The third-order valence-electron chi connectivity index (χ3n) is 5.19. The molecule has 6 nitrogen and oxygen atoms in total. The first-order chi connectivity index (χ1) is 13.0. The second kappa shape index (κ2) is 8.71. The smallest absolute Gasteiger partial charge is 0.246 e. The molecule has 2 heterocycles. The molecule has 2 aliphatic heterocycles. The molecule has 146 valence electrons. The van der Waals surface area contributed by atoms with Crippen LogP contribution < -0.4 is 9.64 Å². The quantitative estimate of drug-likeness (QED) is 0.555. The molecule has 1 amide bonds. The lowest BCUT2D eigenvalue weighted by atomic mass is 10.1. The van der Waals surface area contributed by atoms with E-state index in [-0.39, 0.29) is 11.9 Å². The van der Waals surface area contributed by atoms with Crippen molar-refractivity contribution in [1.82, 2.24) is 4.90 Å². The van der Waals surface area contributed by atoms with Crippen LogP contribution in [0.4, 0.5) is 0 Å². The number of sulfone groups is 1. The van der Waals surface area contributed by atoms with Crippen LogP contribution in [0.15, 0.2) is 43.0 Å². The summed E-state index contributed by atoms with van der Waals surface area (Å²) in [6.07, 6.45) is 5.85. The van der Waals surface area contributed by atoms with Crippen LogP contribution in [0.3, 0.4) is 0 Å². The first kappa shape index (κ1) is 19.6. The number of ether oxygens (including phenoxy) is 1. The molecule has 0 spiro atoms. The van der Waals surface area contributed by atoms with Gasteiger partial charge in [-0.3, -0.25) is 4.79 Å². The van der Waals surface area contributed by atoms with Gasteiger partial charge in [-0.15, -0.1) is 0 Å². The SMILES string of the molecule is C=CCOc1ccc(/C=C/C(=O)N2CC[NH+]([C@@H]3CCS(=O)(=O)C3)CC2)cc1. The number of amides is 1. The molecule has 27 heavy (non-hydrogen) atoms. The molecule has 0 bridgehead atoms. The molecule has 1 N–H and O–H groups in total. The van der Waals surface area contributed by atoms with Crippen LogP contribution in [0.25, 0.3) is 6.08 Å². The zero-order chi connectivity index (χ0) is 19.3. The van der Waals surface area contributed by atoms with Crippen LogP contribution >= 0.6 is 0 Å². The van der Waals surface area contributed by atoms with E-state index in [4.69, 9.17) is 4.74 Å². The number of carbonyl (C=O) groups is 1. The number of rotatable bonds is 6. The number of hydrogen-bond acceptors (Lipinski definition) is 4. The van der Waals surface area contributed by atoms with Gasteiger partial charge in [-0.05, 0) is 23.8 Å². The second-order valence-electron chi connectivity index (χ2n) is 7.09. The Labute approximate surface area is 161 Å². The van der Waals surface area contributed by atoms with Gasteiger partial charge in [-0.25, -0.2) is 8.42 Å². The lowest BCUT2D eigenvalue weighted by Crippen LogP contribution is -3.18. The third kappa shape index (κ3) is 5.43. The Balaban J connectivity index is 1.48. The van der Waals surface area contributed by atoms with Crippen LogP contribution in [0.2, 0.25) is 0 Å². The monoisotopic (exact) mass is 391 g/mol. The summed E-state index contributed by atoms with van der Waals surface area (Å²) in [7, 11) is -2.85. The highest BCUT2D eigenvalue weighted by molar-refractivity contribution is 7.91. The largest absolute Gasteiger partial charge is 0.490 e. The molecule has 7 heteroatoms. The van der Waals surface area contributed by atoms with E-state index in [0.29, 0.717) is 31.2 Å². The average molecular weight is 392 g/mol. The third-order valence-corrected chi connectivity index (χ3v) is 6.96. The maximum absolute atomic E-state index is 12.4. The van der Waals surface area contributed by atoms with E-state index in [1.165, 1.54) is 4.90 Å². The molecule has 1 aromatic rings. The molecule has 1 aromatic carbocycles. The Hall–Kier alpha value is -2.12. The van der Waals surface area contributed by atoms with Gasteiger partial charge in [-0.2, -0.15) is 0 Å². The van der Waals surface area contributed by atoms with Crippen LogP contribution in [0.1, 0.15) is 12.0 Å². The summed E-state index contributed by atoms with van der Waals surface area (Å²) < 4.78 is 28.7. The highest BCUT2D eigenvalue weighted by atomic mass is 32.2. The molecular formula is C20H27N2O4S+. The minimum Gasteiger partial charge on any atom is -0.490 e. The van der Waals surface area contributed by atoms with E-state index in [9.17, 15) is 13.2 Å². The lowest BCUT2D eigenvalue weighted by molar-refractivity contribution is -0.925. The lowest BCUT2D eigenvalue weighted by Gasteiger charge is -2.34. The fraction of sp³-hybridized carbons (Fsp3) is 0.450. The Morgan fingerprint density at radius 1 is 1.26 bits per heavy atom. The van der Waals surface area contributed by atoms with Gasteiger partial charge in [-0.1, -0.05) is 24.8 Å². The first-order valence-electron chi connectivity index (χ1n) is 9.32. The van der Waals surface area contributed by atoms with Crippen LogP contribution in [0.5, 0.6) is 5.75 Å². The molecule has 2 saturated heterocycles. The predicted octanol–water partition coefficient (Wildman–Crippen LogP) is 0.179. The molecule has 0 radical (unpaired) electrons. The fourth-order valence-corrected chi connectivity index (χ4v) is 5.47. The summed E-state index contributed by atoms with van der Waals surface area (Å²) in [4.78, 5) is 15.6. The molecule has 2 fully saturated rings. The van der Waals surface area contributed by atoms with E-state index in [1.807, 2.05) is 35.2 Å². The van der Waals surface area contributed by atoms with Gasteiger partial charge < -0.3 is 14.5 Å². The standard InChI is InChI=1S/C20H26N2O4S/c1-2-14-26-19-6-3-17(4-7-19)5-8-20(23)22-12-10-21(11-13-22)18-9-15-27(24,25)16-18/h2-8,18H,1,9-16H2/p+1/b8-5+/t18-/m1/s1. The van der Waals surface area contributed by atoms with Gasteiger partial charge in [0.1, 0.15) is 24.2 Å². The van der Waals surface area contributed by atoms with Crippen molar-refractivity contribution in [1.29, 1.82) is 0 Å². The summed E-state index contributed by atoms with van der Waals surface area (Å²) in [5.74, 6) is 1.37. The minimum atomic E-state index is -2.85. The number of piperazine rings is 1. The minimum absolute atomic E-state index is 0.0000716. The highest BCUT2D eigenvalue weighted by Crippen LogP contribution is 2.13. The van der Waals surface area contributed by atoms with Gasteiger partial charge in [0.05, 0.1) is 31.9 Å². The van der Waals surface area contributed by atoms with Gasteiger partial charge in [0.2, 0.25) is 5.91 Å². The van der Waals surface area contributed by atoms with Crippen molar-refractivity contribution < 1.29 is 22.8 Å². The van der Waals surface area contributed by atoms with Crippen molar-refractivity contribution in [2.24, 2.45) is 0 Å². The van der Waals surface area contributed by atoms with E-state index in [0.717, 1.165) is 30.8 Å². The van der Waals surface area contributed by atoms with E-state index in [1.54, 1.807) is 12.2 Å². The molecule has 1 atom stereocenters. The van der Waals surface area contributed by atoms with Crippen molar-refractivity contribution in [2.45, 2.75) is 12.5 Å². The van der Waals surface area contributed by atoms with E-state index in [2.05, 4.69) is 6.58 Å². The molecule has 0 unspecified atom stereocenters.